The molecule has 0 bridgehead atoms. The SMILES string of the molecule is CCCCSc1cc(NN)nc(C(C)C)n1. The van der Waals surface area contributed by atoms with Crippen LogP contribution in [0.3, 0.4) is 0 Å². The fraction of sp³-hybridized carbons (Fsp3) is 0.636. The summed E-state index contributed by atoms with van der Waals surface area (Å²) in [6.07, 6.45) is 2.41. The van der Waals surface area contributed by atoms with Crippen LogP contribution < -0.4 is 11.3 Å². The fourth-order valence-electron chi connectivity index (χ4n) is 1.17. The second kappa shape index (κ2) is 6.70. The average Bonchev–Trinajstić information content (AvgIpc) is 2.29. The molecule has 1 heterocycles. The van der Waals surface area contributed by atoms with Crippen molar-refractivity contribution in [3.63, 3.8) is 0 Å². The molecule has 3 N–H and O–H groups in total. The lowest BCUT2D eigenvalue weighted by molar-refractivity contribution is 0.754. The summed E-state index contributed by atoms with van der Waals surface area (Å²) in [5, 5.41) is 1.00. The van der Waals surface area contributed by atoms with Crippen molar-refractivity contribution in [2.24, 2.45) is 5.84 Å². The van der Waals surface area contributed by atoms with Gasteiger partial charge in [-0.05, 0) is 12.2 Å². The quantitative estimate of drug-likeness (QED) is 0.263. The van der Waals surface area contributed by atoms with Crippen molar-refractivity contribution in [2.75, 3.05) is 11.2 Å². The van der Waals surface area contributed by atoms with Crippen LogP contribution in [0.1, 0.15) is 45.4 Å². The third kappa shape index (κ3) is 3.98. The van der Waals surface area contributed by atoms with Gasteiger partial charge in [-0.1, -0.05) is 27.2 Å². The third-order valence-electron chi connectivity index (χ3n) is 2.13. The second-order valence-electron chi connectivity index (χ2n) is 3.95. The van der Waals surface area contributed by atoms with Crippen LogP contribution in [0.4, 0.5) is 5.82 Å². The third-order valence-corrected chi connectivity index (χ3v) is 3.13. The molecule has 0 aliphatic heterocycles. The molecule has 0 aromatic carbocycles. The summed E-state index contributed by atoms with van der Waals surface area (Å²) in [5.74, 6) is 8.34. The van der Waals surface area contributed by atoms with Crippen LogP contribution >= 0.6 is 11.8 Å². The Bertz CT molecular complexity index is 328. The molecule has 0 saturated carbocycles. The summed E-state index contributed by atoms with van der Waals surface area (Å²) in [6.45, 7) is 6.35. The zero-order chi connectivity index (χ0) is 12.0. The molecule has 0 aliphatic rings. The highest BCUT2D eigenvalue weighted by Crippen LogP contribution is 2.22. The van der Waals surface area contributed by atoms with E-state index < -0.39 is 0 Å². The summed E-state index contributed by atoms with van der Waals surface area (Å²) < 4.78 is 0. The van der Waals surface area contributed by atoms with E-state index in [2.05, 4.69) is 36.2 Å². The van der Waals surface area contributed by atoms with Gasteiger partial charge in [-0.3, -0.25) is 0 Å². The van der Waals surface area contributed by atoms with Crippen molar-refractivity contribution in [2.45, 2.75) is 44.6 Å². The molecule has 1 aromatic rings. The van der Waals surface area contributed by atoms with E-state index in [0.29, 0.717) is 11.7 Å². The van der Waals surface area contributed by atoms with Crippen LogP contribution in [0.5, 0.6) is 0 Å². The van der Waals surface area contributed by atoms with Gasteiger partial charge in [-0.25, -0.2) is 15.8 Å². The van der Waals surface area contributed by atoms with Crippen LogP contribution in [-0.2, 0) is 0 Å². The van der Waals surface area contributed by atoms with Gasteiger partial charge in [-0.2, -0.15) is 0 Å². The van der Waals surface area contributed by atoms with Crippen molar-refractivity contribution in [1.82, 2.24) is 9.97 Å². The Kier molecular flexibility index (Phi) is 5.55. The van der Waals surface area contributed by atoms with E-state index in [0.717, 1.165) is 16.6 Å². The molecule has 0 unspecified atom stereocenters. The number of anilines is 1. The van der Waals surface area contributed by atoms with E-state index in [-0.39, 0.29) is 0 Å². The van der Waals surface area contributed by atoms with Crippen LogP contribution in [0.25, 0.3) is 0 Å². The van der Waals surface area contributed by atoms with Gasteiger partial charge in [0.2, 0.25) is 0 Å². The first kappa shape index (κ1) is 13.3. The number of rotatable bonds is 6. The average molecular weight is 240 g/mol. The van der Waals surface area contributed by atoms with Crippen molar-refractivity contribution in [3.05, 3.63) is 11.9 Å². The highest BCUT2D eigenvalue weighted by atomic mass is 32.2. The second-order valence-corrected chi connectivity index (χ2v) is 5.07. The standard InChI is InChI=1S/C11H20N4S/c1-4-5-6-16-10-7-9(15-12)13-11(14-10)8(2)3/h7-8H,4-6,12H2,1-3H3,(H,13,14,15). The number of hydrogen-bond acceptors (Lipinski definition) is 5. The molecular formula is C11H20N4S. The molecule has 0 amide bonds. The summed E-state index contributed by atoms with van der Waals surface area (Å²) in [4.78, 5) is 8.83. The molecule has 1 rings (SSSR count). The number of hydrogen-bond donors (Lipinski definition) is 2. The van der Waals surface area contributed by atoms with Gasteiger partial charge in [0.25, 0.3) is 0 Å². The van der Waals surface area contributed by atoms with Crippen molar-refractivity contribution in [1.29, 1.82) is 0 Å². The number of nitrogens with two attached hydrogens (primary N) is 1. The maximum atomic E-state index is 5.39. The van der Waals surface area contributed by atoms with Gasteiger partial charge < -0.3 is 5.43 Å². The molecule has 16 heavy (non-hydrogen) atoms. The first-order chi connectivity index (χ1) is 7.67. The molecule has 90 valence electrons. The number of aromatic nitrogens is 2. The first-order valence-corrected chi connectivity index (χ1v) is 6.64. The van der Waals surface area contributed by atoms with E-state index in [1.54, 1.807) is 11.8 Å². The Balaban J connectivity index is 2.78. The number of unbranched alkanes of at least 4 members (excludes halogenated alkanes) is 1. The highest BCUT2D eigenvalue weighted by molar-refractivity contribution is 7.99. The highest BCUT2D eigenvalue weighted by Gasteiger charge is 2.07. The summed E-state index contributed by atoms with van der Waals surface area (Å²) in [7, 11) is 0. The first-order valence-electron chi connectivity index (χ1n) is 5.65. The van der Waals surface area contributed by atoms with Crippen LogP contribution in [0.2, 0.25) is 0 Å². The van der Waals surface area contributed by atoms with Gasteiger partial charge >= 0.3 is 0 Å². The number of nitrogens with zero attached hydrogens (tertiary/aromatic N) is 2. The van der Waals surface area contributed by atoms with Crippen molar-refractivity contribution in [3.8, 4) is 0 Å². The normalized spacial score (nSPS) is 10.8. The predicted octanol–water partition coefficient (Wildman–Crippen LogP) is 2.78. The Morgan fingerprint density at radius 1 is 1.44 bits per heavy atom. The van der Waals surface area contributed by atoms with Gasteiger partial charge in [0.05, 0.1) is 0 Å². The summed E-state index contributed by atoms with van der Waals surface area (Å²) in [5.41, 5.74) is 2.59. The number of hydrazine groups is 1. The van der Waals surface area contributed by atoms with E-state index in [4.69, 9.17) is 5.84 Å². The van der Waals surface area contributed by atoms with E-state index in [1.807, 2.05) is 6.07 Å². The molecule has 0 aliphatic carbocycles. The topological polar surface area (TPSA) is 63.8 Å². The molecule has 5 heteroatoms. The lowest BCUT2D eigenvalue weighted by atomic mass is 10.2. The molecule has 0 radical (unpaired) electrons. The van der Waals surface area contributed by atoms with Gasteiger partial charge in [0.15, 0.2) is 0 Å². The van der Waals surface area contributed by atoms with Crippen molar-refractivity contribution >= 4 is 17.6 Å². The van der Waals surface area contributed by atoms with E-state index >= 15 is 0 Å². The molecule has 0 spiro atoms. The van der Waals surface area contributed by atoms with Gasteiger partial charge in [-0.15, -0.1) is 11.8 Å². The van der Waals surface area contributed by atoms with Crippen LogP contribution in [-0.4, -0.2) is 15.7 Å². The smallest absolute Gasteiger partial charge is 0.144 e. The van der Waals surface area contributed by atoms with E-state index in [9.17, 15) is 0 Å². The van der Waals surface area contributed by atoms with Gasteiger partial charge in [0, 0.05) is 12.0 Å². The summed E-state index contributed by atoms with van der Waals surface area (Å²) in [6, 6.07) is 1.90. The molecule has 0 atom stereocenters. The maximum absolute atomic E-state index is 5.39. The summed E-state index contributed by atoms with van der Waals surface area (Å²) >= 11 is 1.76. The Hall–Kier alpha value is -0.810. The van der Waals surface area contributed by atoms with Gasteiger partial charge in [0.1, 0.15) is 16.7 Å². The Morgan fingerprint density at radius 3 is 2.75 bits per heavy atom. The predicted molar refractivity (Wildman–Crippen MR) is 69.6 cm³/mol. The molecule has 0 fully saturated rings. The number of thioether (sulfide) groups is 1. The number of nitrogens with one attached hydrogen (secondary N) is 1. The monoisotopic (exact) mass is 240 g/mol. The fourth-order valence-corrected chi connectivity index (χ4v) is 2.17. The molecule has 4 nitrogen and oxygen atoms in total. The molecule has 0 saturated heterocycles. The minimum Gasteiger partial charge on any atom is -0.308 e. The maximum Gasteiger partial charge on any atom is 0.144 e. The number of nitrogen functional groups attached to an aromatic ring is 1. The minimum atomic E-state index is 0.318. The minimum absolute atomic E-state index is 0.318. The molecular weight excluding hydrogens is 220 g/mol. The van der Waals surface area contributed by atoms with E-state index in [1.165, 1.54) is 12.8 Å². The zero-order valence-corrected chi connectivity index (χ0v) is 11.0. The zero-order valence-electron chi connectivity index (χ0n) is 10.2. The lowest BCUT2D eigenvalue weighted by Crippen LogP contribution is -2.11. The van der Waals surface area contributed by atoms with Crippen LogP contribution in [0, 0.1) is 0 Å². The largest absolute Gasteiger partial charge is 0.308 e. The Labute approximate surface area is 101 Å². The lowest BCUT2D eigenvalue weighted by Gasteiger charge is -2.09. The Morgan fingerprint density at radius 2 is 2.19 bits per heavy atom. The van der Waals surface area contributed by atoms with Crippen LogP contribution in [0.15, 0.2) is 11.1 Å². The molecule has 1 aromatic heterocycles. The van der Waals surface area contributed by atoms with Crippen molar-refractivity contribution < 1.29 is 0 Å².